The van der Waals surface area contributed by atoms with Crippen molar-refractivity contribution in [2.24, 2.45) is 0 Å². The zero-order chi connectivity index (χ0) is 14.1. The third-order valence-electron chi connectivity index (χ3n) is 3.22. The lowest BCUT2D eigenvalue weighted by Crippen LogP contribution is -2.17. The molecule has 0 radical (unpaired) electrons. The summed E-state index contributed by atoms with van der Waals surface area (Å²) in [6, 6.07) is 6.72. The fraction of sp³-hybridized carbons (Fsp3) is 0.625. The van der Waals surface area contributed by atoms with Gasteiger partial charge in [-0.3, -0.25) is 0 Å². The highest BCUT2D eigenvalue weighted by molar-refractivity contribution is 9.10. The van der Waals surface area contributed by atoms with Crippen LogP contribution in [0.15, 0.2) is 22.7 Å². The van der Waals surface area contributed by atoms with Gasteiger partial charge in [0.05, 0.1) is 11.1 Å². The lowest BCUT2D eigenvalue weighted by atomic mass is 10.1. The van der Waals surface area contributed by atoms with E-state index in [-0.39, 0.29) is 0 Å². The summed E-state index contributed by atoms with van der Waals surface area (Å²) in [7, 11) is 0. The zero-order valence-corrected chi connectivity index (χ0v) is 13.9. The Labute approximate surface area is 126 Å². The number of hydrogen-bond acceptors (Lipinski definition) is 2. The minimum atomic E-state index is 0.375. The van der Waals surface area contributed by atoms with Gasteiger partial charge in [-0.1, -0.05) is 39.2 Å². The van der Waals surface area contributed by atoms with Crippen LogP contribution in [0.5, 0.6) is 5.75 Å². The van der Waals surface area contributed by atoms with E-state index in [0.717, 1.165) is 29.8 Å². The number of benzene rings is 1. The molecular formula is C16H26BrNO. The molecule has 3 heteroatoms. The second-order valence-corrected chi connectivity index (χ2v) is 5.73. The minimum Gasteiger partial charge on any atom is -0.492 e. The number of rotatable bonds is 9. The summed E-state index contributed by atoms with van der Waals surface area (Å²) in [5.41, 5.74) is 1.28. The first-order valence-corrected chi connectivity index (χ1v) is 8.14. The van der Waals surface area contributed by atoms with Gasteiger partial charge >= 0.3 is 0 Å². The molecule has 0 heterocycles. The Bertz CT molecular complexity index is 368. The Hall–Kier alpha value is -0.540. The Kier molecular flexibility index (Phi) is 8.15. The molecule has 0 spiro atoms. The first-order valence-electron chi connectivity index (χ1n) is 7.34. The Balaban J connectivity index is 2.47. The maximum Gasteiger partial charge on any atom is 0.133 e. The van der Waals surface area contributed by atoms with Crippen molar-refractivity contribution in [1.82, 2.24) is 5.32 Å². The molecule has 0 aliphatic heterocycles. The Morgan fingerprint density at radius 2 is 2.00 bits per heavy atom. The molecule has 1 rings (SSSR count). The number of halogens is 1. The molecule has 0 aliphatic rings. The van der Waals surface area contributed by atoms with Crippen molar-refractivity contribution in [1.29, 1.82) is 0 Å². The number of ether oxygens (including phenoxy) is 1. The van der Waals surface area contributed by atoms with Crippen LogP contribution in [0.3, 0.4) is 0 Å². The van der Waals surface area contributed by atoms with Crippen molar-refractivity contribution >= 4 is 15.9 Å². The largest absolute Gasteiger partial charge is 0.492 e. The summed E-state index contributed by atoms with van der Waals surface area (Å²) in [5, 5.41) is 3.41. The number of unbranched alkanes of at least 4 members (excludes halogenated alkanes) is 3. The van der Waals surface area contributed by atoms with E-state index in [0.29, 0.717) is 6.04 Å². The maximum absolute atomic E-state index is 5.81. The van der Waals surface area contributed by atoms with E-state index >= 15 is 0 Å². The Morgan fingerprint density at radius 1 is 1.21 bits per heavy atom. The number of nitrogens with one attached hydrogen (secondary N) is 1. The summed E-state index contributed by atoms with van der Waals surface area (Å²) < 4.78 is 6.86. The van der Waals surface area contributed by atoms with Crippen LogP contribution in [0.4, 0.5) is 0 Å². The van der Waals surface area contributed by atoms with E-state index in [2.05, 4.69) is 60.2 Å². The van der Waals surface area contributed by atoms with Gasteiger partial charge in [0.15, 0.2) is 0 Å². The molecule has 0 saturated heterocycles. The summed E-state index contributed by atoms with van der Waals surface area (Å²) in [5.74, 6) is 0.948. The van der Waals surface area contributed by atoms with E-state index in [9.17, 15) is 0 Å². The van der Waals surface area contributed by atoms with Gasteiger partial charge in [-0.15, -0.1) is 0 Å². The van der Waals surface area contributed by atoms with Gasteiger partial charge in [-0.25, -0.2) is 0 Å². The summed E-state index contributed by atoms with van der Waals surface area (Å²) in [4.78, 5) is 0. The van der Waals surface area contributed by atoms with E-state index in [4.69, 9.17) is 4.74 Å². The fourth-order valence-electron chi connectivity index (χ4n) is 2.04. The van der Waals surface area contributed by atoms with Gasteiger partial charge in [0.2, 0.25) is 0 Å². The van der Waals surface area contributed by atoms with Gasteiger partial charge in [-0.2, -0.15) is 0 Å². The Morgan fingerprint density at radius 3 is 2.63 bits per heavy atom. The third-order valence-corrected chi connectivity index (χ3v) is 3.84. The van der Waals surface area contributed by atoms with Crippen LogP contribution in [0.1, 0.15) is 58.1 Å². The van der Waals surface area contributed by atoms with E-state index in [1.54, 1.807) is 0 Å². The summed E-state index contributed by atoms with van der Waals surface area (Å²) >= 11 is 3.60. The topological polar surface area (TPSA) is 21.3 Å². The molecule has 0 saturated carbocycles. The number of hydrogen-bond donors (Lipinski definition) is 1. The monoisotopic (exact) mass is 327 g/mol. The van der Waals surface area contributed by atoms with E-state index in [1.807, 2.05) is 0 Å². The van der Waals surface area contributed by atoms with Crippen molar-refractivity contribution in [2.75, 3.05) is 13.2 Å². The summed E-state index contributed by atoms with van der Waals surface area (Å²) in [6.45, 7) is 8.31. The van der Waals surface area contributed by atoms with Crippen LogP contribution in [0.25, 0.3) is 0 Å². The van der Waals surface area contributed by atoms with Gasteiger partial charge in [0.1, 0.15) is 5.75 Å². The van der Waals surface area contributed by atoms with Gasteiger partial charge in [-0.05, 0) is 53.5 Å². The summed E-state index contributed by atoms with van der Waals surface area (Å²) in [6.07, 6.45) is 4.95. The average molecular weight is 328 g/mol. The molecule has 1 atom stereocenters. The predicted molar refractivity (Wildman–Crippen MR) is 85.9 cm³/mol. The zero-order valence-electron chi connectivity index (χ0n) is 12.3. The quantitative estimate of drug-likeness (QED) is 0.638. The van der Waals surface area contributed by atoms with Gasteiger partial charge < -0.3 is 10.1 Å². The minimum absolute atomic E-state index is 0.375. The highest BCUT2D eigenvalue weighted by Gasteiger charge is 2.07. The highest BCUT2D eigenvalue weighted by atomic mass is 79.9. The molecular weight excluding hydrogens is 302 g/mol. The molecule has 1 aromatic carbocycles. The lowest BCUT2D eigenvalue weighted by molar-refractivity contribution is 0.303. The molecule has 19 heavy (non-hydrogen) atoms. The maximum atomic E-state index is 5.81. The van der Waals surface area contributed by atoms with E-state index in [1.165, 1.54) is 24.8 Å². The van der Waals surface area contributed by atoms with Crippen LogP contribution in [-0.4, -0.2) is 13.2 Å². The molecule has 1 unspecified atom stereocenters. The molecule has 1 aromatic rings. The van der Waals surface area contributed by atoms with Crippen LogP contribution >= 0.6 is 15.9 Å². The van der Waals surface area contributed by atoms with Crippen molar-refractivity contribution in [3.05, 3.63) is 28.2 Å². The SMILES string of the molecule is CCCCCCOc1ccc(C(C)NCC)cc1Br. The first kappa shape index (κ1) is 16.5. The van der Waals surface area contributed by atoms with Crippen molar-refractivity contribution in [3.8, 4) is 5.75 Å². The van der Waals surface area contributed by atoms with Crippen molar-refractivity contribution in [3.63, 3.8) is 0 Å². The second-order valence-electron chi connectivity index (χ2n) is 4.88. The molecule has 0 aromatic heterocycles. The average Bonchev–Trinajstić information content (AvgIpc) is 2.40. The van der Waals surface area contributed by atoms with Gasteiger partial charge in [0, 0.05) is 6.04 Å². The normalized spacial score (nSPS) is 12.4. The van der Waals surface area contributed by atoms with Crippen LogP contribution in [0.2, 0.25) is 0 Å². The molecule has 0 bridgehead atoms. The molecule has 2 nitrogen and oxygen atoms in total. The van der Waals surface area contributed by atoms with Crippen LogP contribution in [0, 0.1) is 0 Å². The van der Waals surface area contributed by atoms with Gasteiger partial charge in [0.25, 0.3) is 0 Å². The third kappa shape index (κ3) is 5.96. The fourth-order valence-corrected chi connectivity index (χ4v) is 2.55. The van der Waals surface area contributed by atoms with E-state index < -0.39 is 0 Å². The highest BCUT2D eigenvalue weighted by Crippen LogP contribution is 2.28. The molecule has 1 N–H and O–H groups in total. The van der Waals surface area contributed by atoms with Crippen molar-refractivity contribution in [2.45, 2.75) is 52.5 Å². The van der Waals surface area contributed by atoms with Crippen LogP contribution < -0.4 is 10.1 Å². The van der Waals surface area contributed by atoms with Crippen LogP contribution in [-0.2, 0) is 0 Å². The standard InChI is InChI=1S/C16H26BrNO/c1-4-6-7-8-11-19-16-10-9-14(12-15(16)17)13(3)18-5-2/h9-10,12-13,18H,4-8,11H2,1-3H3. The predicted octanol–water partition coefficient (Wildman–Crippen LogP) is 5.08. The smallest absolute Gasteiger partial charge is 0.133 e. The van der Waals surface area contributed by atoms with Crippen molar-refractivity contribution < 1.29 is 4.74 Å². The molecule has 0 amide bonds. The molecule has 108 valence electrons. The lowest BCUT2D eigenvalue weighted by Gasteiger charge is -2.15. The first-order chi connectivity index (χ1) is 9.19. The molecule has 0 aliphatic carbocycles. The second kappa shape index (κ2) is 9.38. The molecule has 0 fully saturated rings.